The van der Waals surface area contributed by atoms with Crippen LogP contribution in [-0.2, 0) is 6.61 Å². The molecule has 0 amide bonds. The van der Waals surface area contributed by atoms with Crippen molar-refractivity contribution >= 4 is 23.2 Å². The maximum Gasteiger partial charge on any atom is 0.236 e. The van der Waals surface area contributed by atoms with Crippen molar-refractivity contribution in [3.8, 4) is 17.0 Å². The molecule has 6 nitrogen and oxygen atoms in total. The van der Waals surface area contributed by atoms with Gasteiger partial charge in [0.25, 0.3) is 0 Å². The molecule has 0 saturated carbocycles. The number of imidazole rings is 1. The van der Waals surface area contributed by atoms with Gasteiger partial charge in [-0.25, -0.2) is 4.98 Å². The van der Waals surface area contributed by atoms with Gasteiger partial charge in [0.05, 0.1) is 24.4 Å². The number of aromatic nitrogens is 3. The van der Waals surface area contributed by atoms with E-state index in [1.54, 1.807) is 19.2 Å². The Morgan fingerprint density at radius 1 is 1.26 bits per heavy atom. The normalized spacial score (nSPS) is 15.5. The minimum Gasteiger partial charge on any atom is -0.495 e. The molecule has 2 aromatic heterocycles. The van der Waals surface area contributed by atoms with Crippen LogP contribution in [0.25, 0.3) is 17.0 Å². The lowest BCUT2D eigenvalue weighted by molar-refractivity contribution is 0.281. The Balaban J connectivity index is 1.71. The summed E-state index contributed by atoms with van der Waals surface area (Å²) in [5.74, 6) is 2.91. The standard InChI is InChI=1S/C20H23ClN4O2/c1-13-3-6-24(7-4-13)19-5-8-25-11-17(22-20(25)23-19)15-10-16(21)18(27-2)9-14(15)12-26/h5,8-11,13,26H,3-4,6-7,12H2,1-2H3. The smallest absolute Gasteiger partial charge is 0.236 e. The van der Waals surface area contributed by atoms with Gasteiger partial charge in [-0.05, 0) is 42.5 Å². The molecule has 1 aliphatic rings. The van der Waals surface area contributed by atoms with Crippen molar-refractivity contribution in [2.75, 3.05) is 25.1 Å². The molecule has 0 radical (unpaired) electrons. The number of ether oxygens (including phenoxy) is 1. The molecule has 1 N–H and O–H groups in total. The molecule has 3 aromatic rings. The lowest BCUT2D eigenvalue weighted by atomic mass is 9.99. The molecule has 0 aliphatic carbocycles. The Labute approximate surface area is 163 Å². The first kappa shape index (κ1) is 18.1. The highest BCUT2D eigenvalue weighted by Gasteiger charge is 2.18. The molecule has 3 heterocycles. The first-order valence-electron chi connectivity index (χ1n) is 9.17. The molecule has 1 aromatic carbocycles. The van der Waals surface area contributed by atoms with Crippen LogP contribution >= 0.6 is 11.6 Å². The van der Waals surface area contributed by atoms with Crippen molar-refractivity contribution in [3.05, 3.63) is 41.2 Å². The average Bonchev–Trinajstić information content (AvgIpc) is 3.11. The summed E-state index contributed by atoms with van der Waals surface area (Å²) in [7, 11) is 1.56. The Bertz CT molecular complexity index is 964. The van der Waals surface area contributed by atoms with Crippen LogP contribution in [0.1, 0.15) is 25.3 Å². The van der Waals surface area contributed by atoms with Crippen molar-refractivity contribution in [3.63, 3.8) is 0 Å². The van der Waals surface area contributed by atoms with E-state index in [2.05, 4.69) is 16.8 Å². The zero-order valence-corrected chi connectivity index (χ0v) is 16.3. The summed E-state index contributed by atoms with van der Waals surface area (Å²) in [6, 6.07) is 5.55. The van der Waals surface area contributed by atoms with Crippen LogP contribution in [0.15, 0.2) is 30.6 Å². The van der Waals surface area contributed by atoms with Crippen LogP contribution in [0, 0.1) is 5.92 Å². The van der Waals surface area contributed by atoms with E-state index in [1.807, 2.05) is 22.9 Å². The van der Waals surface area contributed by atoms with Crippen molar-refractivity contribution < 1.29 is 9.84 Å². The van der Waals surface area contributed by atoms with Crippen LogP contribution in [0.4, 0.5) is 5.82 Å². The predicted molar refractivity (Wildman–Crippen MR) is 107 cm³/mol. The van der Waals surface area contributed by atoms with E-state index in [0.717, 1.165) is 36.1 Å². The van der Waals surface area contributed by atoms with Crippen LogP contribution < -0.4 is 9.64 Å². The molecular formula is C20H23ClN4O2. The molecule has 1 saturated heterocycles. The molecule has 1 aliphatic heterocycles. The van der Waals surface area contributed by atoms with Crippen LogP contribution in [0.3, 0.4) is 0 Å². The van der Waals surface area contributed by atoms with E-state index in [0.29, 0.717) is 22.1 Å². The van der Waals surface area contributed by atoms with Gasteiger partial charge in [0.15, 0.2) is 0 Å². The molecule has 0 bridgehead atoms. The second-order valence-corrected chi connectivity index (χ2v) is 7.50. The third-order valence-corrected chi connectivity index (χ3v) is 5.54. The van der Waals surface area contributed by atoms with Gasteiger partial charge in [0, 0.05) is 31.0 Å². The number of hydrogen-bond donors (Lipinski definition) is 1. The first-order valence-corrected chi connectivity index (χ1v) is 9.55. The molecule has 4 rings (SSSR count). The quantitative estimate of drug-likeness (QED) is 0.739. The van der Waals surface area contributed by atoms with Gasteiger partial charge in [-0.3, -0.25) is 4.40 Å². The van der Waals surface area contributed by atoms with E-state index >= 15 is 0 Å². The minimum atomic E-state index is -0.124. The van der Waals surface area contributed by atoms with Gasteiger partial charge in [-0.2, -0.15) is 4.98 Å². The van der Waals surface area contributed by atoms with Crippen molar-refractivity contribution in [2.24, 2.45) is 5.92 Å². The van der Waals surface area contributed by atoms with Crippen molar-refractivity contribution in [1.29, 1.82) is 0 Å². The predicted octanol–water partition coefficient (Wildman–Crippen LogP) is 3.79. The van der Waals surface area contributed by atoms with Gasteiger partial charge in [0.2, 0.25) is 5.78 Å². The number of fused-ring (bicyclic) bond motifs is 1. The summed E-state index contributed by atoms with van der Waals surface area (Å²) in [4.78, 5) is 11.7. The summed E-state index contributed by atoms with van der Waals surface area (Å²) in [6.45, 7) is 4.23. The molecule has 0 unspecified atom stereocenters. The number of benzene rings is 1. The molecular weight excluding hydrogens is 364 g/mol. The Morgan fingerprint density at radius 3 is 2.74 bits per heavy atom. The van der Waals surface area contributed by atoms with Gasteiger partial charge in [-0.15, -0.1) is 0 Å². The van der Waals surface area contributed by atoms with Crippen LogP contribution in [0.2, 0.25) is 5.02 Å². The Morgan fingerprint density at radius 2 is 2.04 bits per heavy atom. The minimum absolute atomic E-state index is 0.124. The number of halogens is 1. The monoisotopic (exact) mass is 386 g/mol. The maximum atomic E-state index is 9.75. The van der Waals surface area contributed by atoms with Gasteiger partial charge >= 0.3 is 0 Å². The van der Waals surface area contributed by atoms with E-state index in [4.69, 9.17) is 21.3 Å². The third-order valence-electron chi connectivity index (χ3n) is 5.24. The zero-order valence-electron chi connectivity index (χ0n) is 15.5. The van der Waals surface area contributed by atoms with Gasteiger partial charge in [0.1, 0.15) is 11.6 Å². The summed E-state index contributed by atoms with van der Waals surface area (Å²) in [5, 5.41) is 10.2. The topological polar surface area (TPSA) is 62.9 Å². The molecule has 7 heteroatoms. The summed E-state index contributed by atoms with van der Waals surface area (Å²) >= 11 is 6.28. The number of piperidine rings is 1. The van der Waals surface area contributed by atoms with Gasteiger partial charge in [-0.1, -0.05) is 18.5 Å². The number of anilines is 1. The molecule has 0 spiro atoms. The third kappa shape index (κ3) is 3.47. The molecule has 27 heavy (non-hydrogen) atoms. The molecule has 142 valence electrons. The lowest BCUT2D eigenvalue weighted by Crippen LogP contribution is -2.33. The lowest BCUT2D eigenvalue weighted by Gasteiger charge is -2.31. The maximum absolute atomic E-state index is 9.75. The van der Waals surface area contributed by atoms with Gasteiger partial charge < -0.3 is 14.7 Å². The highest BCUT2D eigenvalue weighted by Crippen LogP contribution is 2.34. The fraction of sp³-hybridized carbons (Fsp3) is 0.400. The fourth-order valence-electron chi connectivity index (χ4n) is 3.53. The second-order valence-electron chi connectivity index (χ2n) is 7.09. The average molecular weight is 387 g/mol. The number of aliphatic hydroxyl groups is 1. The number of aliphatic hydroxyl groups excluding tert-OH is 1. The fourth-order valence-corrected chi connectivity index (χ4v) is 3.77. The van der Waals surface area contributed by atoms with E-state index in [9.17, 15) is 5.11 Å². The summed E-state index contributed by atoms with van der Waals surface area (Å²) < 4.78 is 7.13. The SMILES string of the molecule is COc1cc(CO)c(-c2cn3ccc(N4CCC(C)CC4)nc3n2)cc1Cl. The van der Waals surface area contributed by atoms with Crippen LogP contribution in [0.5, 0.6) is 5.75 Å². The number of methoxy groups -OCH3 is 1. The van der Waals surface area contributed by atoms with Crippen molar-refractivity contribution in [1.82, 2.24) is 14.4 Å². The number of nitrogens with zero attached hydrogens (tertiary/aromatic N) is 4. The molecule has 0 atom stereocenters. The van der Waals surface area contributed by atoms with Crippen molar-refractivity contribution in [2.45, 2.75) is 26.4 Å². The summed E-state index contributed by atoms with van der Waals surface area (Å²) in [5.41, 5.74) is 2.22. The number of rotatable bonds is 4. The first-order chi connectivity index (χ1) is 13.1. The highest BCUT2D eigenvalue weighted by atomic mass is 35.5. The Hall–Kier alpha value is -2.31. The largest absolute Gasteiger partial charge is 0.495 e. The zero-order chi connectivity index (χ0) is 19.0. The van der Waals surface area contributed by atoms with Crippen LogP contribution in [-0.4, -0.2) is 39.7 Å². The number of hydrogen-bond acceptors (Lipinski definition) is 5. The van der Waals surface area contributed by atoms with E-state index in [-0.39, 0.29) is 6.61 Å². The van der Waals surface area contributed by atoms with E-state index in [1.165, 1.54) is 12.8 Å². The van der Waals surface area contributed by atoms with E-state index < -0.39 is 0 Å². The highest BCUT2D eigenvalue weighted by molar-refractivity contribution is 6.32. The second kappa shape index (κ2) is 7.37. The molecule has 1 fully saturated rings. The summed E-state index contributed by atoms with van der Waals surface area (Å²) in [6.07, 6.45) is 6.27. The Kier molecular flexibility index (Phi) is 4.93.